The van der Waals surface area contributed by atoms with Crippen LogP contribution in [0.4, 0.5) is 4.39 Å². The smallest absolute Gasteiger partial charge is 0.314 e. The first-order valence-corrected chi connectivity index (χ1v) is 5.90. The lowest BCUT2D eigenvalue weighted by Crippen LogP contribution is -2.43. The Bertz CT molecular complexity index is 508. The van der Waals surface area contributed by atoms with Crippen LogP contribution in [0.15, 0.2) is 12.1 Å². The van der Waals surface area contributed by atoms with Gasteiger partial charge in [-0.1, -0.05) is 6.42 Å². The van der Waals surface area contributed by atoms with E-state index in [2.05, 4.69) is 0 Å². The molecular formula is C13H13FO4. The highest BCUT2D eigenvalue weighted by Crippen LogP contribution is 2.49. The van der Waals surface area contributed by atoms with E-state index in [1.54, 1.807) is 0 Å². The Morgan fingerprint density at radius 2 is 2.17 bits per heavy atom. The molecule has 4 nitrogen and oxygen atoms in total. The quantitative estimate of drug-likeness (QED) is 0.876. The molecule has 18 heavy (non-hydrogen) atoms. The van der Waals surface area contributed by atoms with E-state index >= 15 is 0 Å². The number of rotatable bonds is 2. The van der Waals surface area contributed by atoms with Gasteiger partial charge in [-0.05, 0) is 25.0 Å². The van der Waals surface area contributed by atoms with E-state index < -0.39 is 17.2 Å². The molecule has 2 aliphatic rings. The average Bonchev–Trinajstić information content (AvgIpc) is 2.26. The van der Waals surface area contributed by atoms with E-state index in [-0.39, 0.29) is 13.4 Å². The van der Waals surface area contributed by atoms with Crippen LogP contribution in [0.2, 0.25) is 0 Å². The maximum Gasteiger partial charge on any atom is 0.314 e. The standard InChI is InChI=1S/C13H13FO4/c14-9-4-8-6-17-7-18-11(8)10(5-9)13(12(15)16)2-1-3-13/h4-5H,1-3,6-7H2,(H,15,16). The Morgan fingerprint density at radius 1 is 1.39 bits per heavy atom. The molecule has 0 atom stereocenters. The molecular weight excluding hydrogens is 239 g/mol. The zero-order valence-corrected chi connectivity index (χ0v) is 9.74. The normalized spacial score (nSPS) is 20.5. The van der Waals surface area contributed by atoms with Crippen molar-refractivity contribution >= 4 is 5.97 Å². The Hall–Kier alpha value is -1.62. The van der Waals surface area contributed by atoms with Gasteiger partial charge < -0.3 is 14.6 Å². The summed E-state index contributed by atoms with van der Waals surface area (Å²) in [5.41, 5.74) is 0.0621. The van der Waals surface area contributed by atoms with Crippen LogP contribution in [0.3, 0.4) is 0 Å². The highest BCUT2D eigenvalue weighted by molar-refractivity contribution is 5.84. The average molecular weight is 252 g/mol. The molecule has 0 saturated heterocycles. The molecule has 1 aromatic carbocycles. The lowest BCUT2D eigenvalue weighted by atomic mass is 9.64. The molecule has 1 heterocycles. The van der Waals surface area contributed by atoms with Crippen LogP contribution in [-0.2, 0) is 21.6 Å². The second-order valence-corrected chi connectivity index (χ2v) is 4.79. The summed E-state index contributed by atoms with van der Waals surface area (Å²) < 4.78 is 24.1. The van der Waals surface area contributed by atoms with Crippen LogP contribution in [0, 0.1) is 5.82 Å². The fraction of sp³-hybridized carbons (Fsp3) is 0.462. The second-order valence-electron chi connectivity index (χ2n) is 4.79. The molecule has 1 saturated carbocycles. The monoisotopic (exact) mass is 252 g/mol. The van der Waals surface area contributed by atoms with Crippen LogP contribution in [0.5, 0.6) is 5.75 Å². The van der Waals surface area contributed by atoms with Crippen molar-refractivity contribution in [2.45, 2.75) is 31.3 Å². The number of ether oxygens (including phenoxy) is 2. The number of halogens is 1. The number of benzene rings is 1. The predicted octanol–water partition coefficient (Wildman–Crippen LogP) is 2.20. The van der Waals surface area contributed by atoms with Gasteiger partial charge in [0.25, 0.3) is 0 Å². The van der Waals surface area contributed by atoms with Gasteiger partial charge >= 0.3 is 5.97 Å². The number of hydrogen-bond acceptors (Lipinski definition) is 3. The summed E-state index contributed by atoms with van der Waals surface area (Å²) in [6.45, 7) is 0.344. The molecule has 0 aromatic heterocycles. The number of fused-ring (bicyclic) bond motifs is 1. The fourth-order valence-electron chi connectivity index (χ4n) is 2.66. The summed E-state index contributed by atoms with van der Waals surface area (Å²) in [6.07, 6.45) is 1.90. The van der Waals surface area contributed by atoms with E-state index in [0.29, 0.717) is 29.7 Å². The van der Waals surface area contributed by atoms with Crippen molar-refractivity contribution in [3.8, 4) is 5.75 Å². The minimum atomic E-state index is -0.983. The van der Waals surface area contributed by atoms with Gasteiger partial charge in [-0.15, -0.1) is 0 Å². The number of aliphatic carboxylic acids is 1. The molecule has 0 radical (unpaired) electrons. The van der Waals surface area contributed by atoms with Gasteiger partial charge in [0.15, 0.2) is 6.79 Å². The predicted molar refractivity (Wildman–Crippen MR) is 59.8 cm³/mol. The number of carboxylic acid groups (broad SMARTS) is 1. The third kappa shape index (κ3) is 1.50. The number of carboxylic acids is 1. The van der Waals surface area contributed by atoms with E-state index in [9.17, 15) is 14.3 Å². The SMILES string of the molecule is O=C(O)C1(c2cc(F)cc3c2OCOC3)CCC1. The maximum absolute atomic E-state index is 13.6. The Morgan fingerprint density at radius 3 is 2.78 bits per heavy atom. The summed E-state index contributed by atoms with van der Waals surface area (Å²) in [4.78, 5) is 11.5. The van der Waals surface area contributed by atoms with Crippen LogP contribution < -0.4 is 4.74 Å². The Kier molecular flexibility index (Phi) is 2.52. The summed E-state index contributed by atoms with van der Waals surface area (Å²) in [5.74, 6) is -0.855. The van der Waals surface area contributed by atoms with Crippen LogP contribution >= 0.6 is 0 Å². The molecule has 5 heteroatoms. The van der Waals surface area contributed by atoms with E-state index in [4.69, 9.17) is 9.47 Å². The van der Waals surface area contributed by atoms with E-state index in [0.717, 1.165) is 6.42 Å². The molecule has 96 valence electrons. The highest BCUT2D eigenvalue weighted by Gasteiger charge is 2.48. The van der Waals surface area contributed by atoms with Gasteiger partial charge in [0, 0.05) is 11.1 Å². The van der Waals surface area contributed by atoms with E-state index in [1.807, 2.05) is 0 Å². The van der Waals surface area contributed by atoms with Crippen molar-refractivity contribution in [3.63, 3.8) is 0 Å². The molecule has 1 aliphatic heterocycles. The van der Waals surface area contributed by atoms with Gasteiger partial charge in [-0.2, -0.15) is 0 Å². The van der Waals surface area contributed by atoms with Crippen molar-refractivity contribution in [2.24, 2.45) is 0 Å². The molecule has 1 aliphatic carbocycles. The third-order valence-electron chi connectivity index (χ3n) is 3.81. The largest absolute Gasteiger partial charge is 0.481 e. The fourth-order valence-corrected chi connectivity index (χ4v) is 2.66. The van der Waals surface area contributed by atoms with Crippen molar-refractivity contribution in [1.82, 2.24) is 0 Å². The topological polar surface area (TPSA) is 55.8 Å². The molecule has 3 rings (SSSR count). The van der Waals surface area contributed by atoms with Gasteiger partial charge in [-0.25, -0.2) is 4.39 Å². The minimum absolute atomic E-state index is 0.0847. The Balaban J connectivity index is 2.16. The van der Waals surface area contributed by atoms with Crippen molar-refractivity contribution < 1.29 is 23.8 Å². The van der Waals surface area contributed by atoms with Gasteiger partial charge in [0.1, 0.15) is 11.6 Å². The second kappa shape index (κ2) is 3.95. The third-order valence-corrected chi connectivity index (χ3v) is 3.81. The lowest BCUT2D eigenvalue weighted by molar-refractivity contribution is -0.147. The summed E-state index contributed by atoms with van der Waals surface area (Å²) in [7, 11) is 0. The van der Waals surface area contributed by atoms with Crippen molar-refractivity contribution in [2.75, 3.05) is 6.79 Å². The molecule has 1 fully saturated rings. The first kappa shape index (κ1) is 11.5. The van der Waals surface area contributed by atoms with Gasteiger partial charge in [-0.3, -0.25) is 4.79 Å². The van der Waals surface area contributed by atoms with Crippen LogP contribution in [-0.4, -0.2) is 17.9 Å². The van der Waals surface area contributed by atoms with Crippen molar-refractivity contribution in [1.29, 1.82) is 0 Å². The maximum atomic E-state index is 13.6. The zero-order chi connectivity index (χ0) is 12.8. The van der Waals surface area contributed by atoms with Crippen molar-refractivity contribution in [3.05, 3.63) is 29.1 Å². The summed E-state index contributed by atoms with van der Waals surface area (Å²) >= 11 is 0. The minimum Gasteiger partial charge on any atom is -0.481 e. The van der Waals surface area contributed by atoms with Crippen LogP contribution in [0.1, 0.15) is 30.4 Å². The summed E-state index contributed by atoms with van der Waals surface area (Å²) in [5, 5.41) is 9.42. The van der Waals surface area contributed by atoms with Gasteiger partial charge in [0.05, 0.1) is 12.0 Å². The highest BCUT2D eigenvalue weighted by atomic mass is 19.1. The molecule has 0 bridgehead atoms. The lowest BCUT2D eigenvalue weighted by Gasteiger charge is -2.39. The number of carbonyl (C=O) groups is 1. The van der Waals surface area contributed by atoms with Crippen LogP contribution in [0.25, 0.3) is 0 Å². The molecule has 1 N–H and O–H groups in total. The van der Waals surface area contributed by atoms with Gasteiger partial charge in [0.2, 0.25) is 0 Å². The Labute approximate surface area is 103 Å². The molecule has 0 unspecified atom stereocenters. The first-order valence-electron chi connectivity index (χ1n) is 5.90. The molecule has 0 amide bonds. The van der Waals surface area contributed by atoms with E-state index in [1.165, 1.54) is 12.1 Å². The zero-order valence-electron chi connectivity index (χ0n) is 9.74. The number of hydrogen-bond donors (Lipinski definition) is 1. The summed E-state index contributed by atoms with van der Waals surface area (Å²) in [6, 6.07) is 2.63. The molecule has 1 aromatic rings. The molecule has 0 spiro atoms. The first-order chi connectivity index (χ1) is 8.63.